The van der Waals surface area contributed by atoms with Crippen LogP contribution in [0.3, 0.4) is 0 Å². The van der Waals surface area contributed by atoms with Crippen molar-refractivity contribution in [3.8, 4) is 0 Å². The molecule has 2 saturated carbocycles. The predicted octanol–water partition coefficient (Wildman–Crippen LogP) is 2.17. The van der Waals surface area contributed by atoms with Crippen molar-refractivity contribution < 1.29 is 19.1 Å². The molecule has 10 nitrogen and oxygen atoms in total. The molecular formula is C20H28N6O4. The van der Waals surface area contributed by atoms with E-state index in [1.54, 1.807) is 20.2 Å². The van der Waals surface area contributed by atoms with Crippen molar-refractivity contribution >= 4 is 17.8 Å². The molecule has 2 amide bonds. The van der Waals surface area contributed by atoms with E-state index < -0.39 is 0 Å². The number of H-pyrrole nitrogens is 1. The Morgan fingerprint density at radius 2 is 2.10 bits per heavy atom. The van der Waals surface area contributed by atoms with Crippen molar-refractivity contribution in [3.05, 3.63) is 29.2 Å². The minimum Gasteiger partial charge on any atom is -0.446 e. The summed E-state index contributed by atoms with van der Waals surface area (Å²) in [4.78, 5) is 24.5. The van der Waals surface area contributed by atoms with Gasteiger partial charge in [-0.25, -0.2) is 4.79 Å². The van der Waals surface area contributed by atoms with Crippen molar-refractivity contribution in [2.75, 3.05) is 12.4 Å². The van der Waals surface area contributed by atoms with Gasteiger partial charge in [0.1, 0.15) is 11.8 Å². The lowest BCUT2D eigenvalue weighted by molar-refractivity contribution is 0.0861. The van der Waals surface area contributed by atoms with Crippen LogP contribution in [0.4, 0.5) is 10.6 Å². The number of hydrogen-bond acceptors (Lipinski definition) is 6. The van der Waals surface area contributed by atoms with Gasteiger partial charge in [-0.2, -0.15) is 10.2 Å². The predicted molar refractivity (Wildman–Crippen MR) is 108 cm³/mol. The van der Waals surface area contributed by atoms with Crippen molar-refractivity contribution in [3.63, 3.8) is 0 Å². The number of nitrogens with one attached hydrogen (secondary N) is 3. The van der Waals surface area contributed by atoms with Crippen molar-refractivity contribution in [1.82, 2.24) is 25.3 Å². The summed E-state index contributed by atoms with van der Waals surface area (Å²) in [6, 6.07) is 3.61. The van der Waals surface area contributed by atoms with Gasteiger partial charge in [-0.1, -0.05) is 0 Å². The molecule has 0 bridgehead atoms. The summed E-state index contributed by atoms with van der Waals surface area (Å²) >= 11 is 0. The number of fused-ring (bicyclic) bond motifs is 1. The molecule has 4 atom stereocenters. The number of anilines is 1. The molecule has 2 aromatic heterocycles. The van der Waals surface area contributed by atoms with Crippen LogP contribution in [-0.4, -0.2) is 51.2 Å². The van der Waals surface area contributed by atoms with Gasteiger partial charge in [0.05, 0.1) is 12.3 Å². The van der Waals surface area contributed by atoms with Gasteiger partial charge < -0.3 is 20.1 Å². The summed E-state index contributed by atoms with van der Waals surface area (Å²) in [5.41, 5.74) is 2.07. The Kier molecular flexibility index (Phi) is 5.50. The lowest BCUT2D eigenvalue weighted by Crippen LogP contribution is -2.34. The van der Waals surface area contributed by atoms with Crippen LogP contribution in [0.5, 0.6) is 0 Å². The van der Waals surface area contributed by atoms with Crippen LogP contribution < -0.4 is 10.6 Å². The molecular weight excluding hydrogens is 388 g/mol. The van der Waals surface area contributed by atoms with E-state index in [0.717, 1.165) is 18.5 Å². The Balaban J connectivity index is 1.37. The number of rotatable bonds is 7. The molecule has 2 heterocycles. The first-order valence-electron chi connectivity index (χ1n) is 10.2. The van der Waals surface area contributed by atoms with Crippen molar-refractivity contribution in [1.29, 1.82) is 0 Å². The maximum atomic E-state index is 12.6. The Morgan fingerprint density at radius 3 is 2.83 bits per heavy atom. The van der Waals surface area contributed by atoms with E-state index in [1.807, 2.05) is 19.9 Å². The van der Waals surface area contributed by atoms with Crippen LogP contribution in [-0.2, 0) is 23.1 Å². The van der Waals surface area contributed by atoms with Gasteiger partial charge in [-0.05, 0) is 44.6 Å². The van der Waals surface area contributed by atoms with Gasteiger partial charge in [-0.3, -0.25) is 14.6 Å². The molecule has 2 aliphatic carbocycles. The third-order valence-corrected chi connectivity index (χ3v) is 5.73. The van der Waals surface area contributed by atoms with E-state index >= 15 is 0 Å². The SMILES string of the molecule is COCc1cc(C(=O)Nc2cc([C@@H]3C[C@H](OC(=O)NC(C)C)[C@@H]4C[C@@H]43)[nH]n2)n(C)n1. The second-order valence-electron chi connectivity index (χ2n) is 8.39. The van der Waals surface area contributed by atoms with Gasteiger partial charge >= 0.3 is 6.09 Å². The van der Waals surface area contributed by atoms with E-state index in [2.05, 4.69) is 25.9 Å². The smallest absolute Gasteiger partial charge is 0.407 e. The van der Waals surface area contributed by atoms with Crippen molar-refractivity contribution in [2.45, 2.75) is 51.4 Å². The summed E-state index contributed by atoms with van der Waals surface area (Å²) in [5, 5.41) is 17.1. The average Bonchev–Trinajstić information content (AvgIpc) is 2.98. The van der Waals surface area contributed by atoms with E-state index in [4.69, 9.17) is 9.47 Å². The molecule has 0 aliphatic heterocycles. The van der Waals surface area contributed by atoms with Crippen LogP contribution >= 0.6 is 0 Å². The van der Waals surface area contributed by atoms with Gasteiger partial charge in [0, 0.05) is 37.9 Å². The summed E-state index contributed by atoms with van der Waals surface area (Å²) in [6.07, 6.45) is 1.37. The maximum absolute atomic E-state index is 12.6. The van der Waals surface area contributed by atoms with E-state index in [-0.39, 0.29) is 30.1 Å². The third-order valence-electron chi connectivity index (χ3n) is 5.73. The van der Waals surface area contributed by atoms with Gasteiger partial charge in [0.25, 0.3) is 5.91 Å². The number of hydrogen-bond donors (Lipinski definition) is 3. The number of aromatic amines is 1. The molecule has 2 aliphatic rings. The minimum absolute atomic E-state index is 0.0495. The first-order valence-corrected chi connectivity index (χ1v) is 10.2. The zero-order valence-corrected chi connectivity index (χ0v) is 17.6. The molecule has 30 heavy (non-hydrogen) atoms. The number of aromatic nitrogens is 4. The molecule has 0 aromatic carbocycles. The Labute approximate surface area is 174 Å². The number of aryl methyl sites for hydroxylation is 1. The lowest BCUT2D eigenvalue weighted by Gasteiger charge is -2.17. The molecule has 0 unspecified atom stereocenters. The highest BCUT2D eigenvalue weighted by atomic mass is 16.6. The summed E-state index contributed by atoms with van der Waals surface area (Å²) < 4.78 is 12.2. The fraction of sp³-hybridized carbons (Fsp3) is 0.600. The molecule has 0 radical (unpaired) electrons. The number of amides is 2. The zero-order chi connectivity index (χ0) is 21.4. The highest BCUT2D eigenvalue weighted by molar-refractivity contribution is 6.02. The second kappa shape index (κ2) is 8.10. The van der Waals surface area contributed by atoms with Crippen LogP contribution in [0.2, 0.25) is 0 Å². The number of methoxy groups -OCH3 is 1. The van der Waals surface area contributed by atoms with E-state index in [0.29, 0.717) is 35.6 Å². The molecule has 2 fully saturated rings. The first-order chi connectivity index (χ1) is 14.4. The monoisotopic (exact) mass is 416 g/mol. The molecule has 4 rings (SSSR count). The lowest BCUT2D eigenvalue weighted by atomic mass is 9.99. The quantitative estimate of drug-likeness (QED) is 0.636. The molecule has 162 valence electrons. The minimum atomic E-state index is -0.358. The second-order valence-corrected chi connectivity index (χ2v) is 8.39. The molecule has 0 saturated heterocycles. The fourth-order valence-corrected chi connectivity index (χ4v) is 4.35. The average molecular weight is 416 g/mol. The summed E-state index contributed by atoms with van der Waals surface area (Å²) in [7, 11) is 3.30. The summed E-state index contributed by atoms with van der Waals surface area (Å²) in [5.74, 6) is 1.31. The maximum Gasteiger partial charge on any atom is 0.407 e. The Morgan fingerprint density at radius 1 is 1.30 bits per heavy atom. The standard InChI is InChI=1S/C20H28N6O4/c1-10(2)21-20(28)30-17-7-13(12-6-14(12)17)15-8-18(24-23-15)22-19(27)16-5-11(9-29-4)25-26(16)3/h5,8,10,12-14,17H,6-7,9H2,1-4H3,(H,21,28)(H2,22,23,24,27)/t12-,13-,14-,17+/m1/s1. The zero-order valence-electron chi connectivity index (χ0n) is 17.6. The van der Waals surface area contributed by atoms with Gasteiger partial charge in [0.2, 0.25) is 0 Å². The highest BCUT2D eigenvalue weighted by Crippen LogP contribution is 2.60. The van der Waals surface area contributed by atoms with Crippen molar-refractivity contribution in [2.24, 2.45) is 18.9 Å². The number of carbonyl (C=O) groups excluding carboxylic acids is 2. The van der Waals surface area contributed by atoms with Crippen LogP contribution in [0.1, 0.15) is 54.5 Å². The normalized spacial score (nSPS) is 24.6. The third kappa shape index (κ3) is 4.18. The van der Waals surface area contributed by atoms with Crippen LogP contribution in [0.25, 0.3) is 0 Å². The fourth-order valence-electron chi connectivity index (χ4n) is 4.35. The largest absolute Gasteiger partial charge is 0.446 e. The first kappa shape index (κ1) is 20.4. The van der Waals surface area contributed by atoms with Crippen LogP contribution in [0.15, 0.2) is 12.1 Å². The van der Waals surface area contributed by atoms with Gasteiger partial charge in [0.15, 0.2) is 5.82 Å². The number of alkyl carbamates (subject to hydrolysis) is 1. The van der Waals surface area contributed by atoms with Crippen LogP contribution in [0, 0.1) is 11.8 Å². The molecule has 0 spiro atoms. The number of ether oxygens (including phenoxy) is 2. The molecule has 10 heteroatoms. The topological polar surface area (TPSA) is 123 Å². The highest BCUT2D eigenvalue weighted by Gasteiger charge is 2.56. The summed E-state index contributed by atoms with van der Waals surface area (Å²) in [6.45, 7) is 4.16. The Bertz CT molecular complexity index is 936. The molecule has 2 aromatic rings. The number of carbonyl (C=O) groups is 2. The van der Waals surface area contributed by atoms with E-state index in [9.17, 15) is 9.59 Å². The van der Waals surface area contributed by atoms with Gasteiger partial charge in [-0.15, -0.1) is 0 Å². The number of nitrogens with zero attached hydrogens (tertiary/aromatic N) is 3. The van der Waals surface area contributed by atoms with E-state index in [1.165, 1.54) is 4.68 Å². The Hall–Kier alpha value is -2.88. The molecule has 3 N–H and O–H groups in total.